The molecule has 148 heavy (non-hydrogen) atoms. The van der Waals surface area contributed by atoms with Gasteiger partial charge < -0.3 is 94.2 Å². The summed E-state index contributed by atoms with van der Waals surface area (Å²) in [6, 6.07) is 30.6. The smallest absolute Gasteiger partial charge is 0.0798 e. The molecule has 6 aromatic heterocycles. The number of hydrogen-bond donors (Lipinski definition) is 5. The number of aromatic amines is 3. The van der Waals surface area contributed by atoms with Crippen LogP contribution >= 0.6 is 0 Å². The highest BCUT2D eigenvalue weighted by Gasteiger charge is 2.36. The maximum absolute atomic E-state index is 4.83. The molecule has 2 aliphatic carbocycles. The lowest BCUT2D eigenvalue weighted by Crippen LogP contribution is -2.42. The zero-order chi connectivity index (χ0) is 106. The molecule has 22 heteroatoms. The first-order valence-corrected chi connectivity index (χ1v) is 58.1. The van der Waals surface area contributed by atoms with Gasteiger partial charge in [0.25, 0.3) is 0 Å². The van der Waals surface area contributed by atoms with Crippen molar-refractivity contribution >= 4 is 72.5 Å². The first-order chi connectivity index (χ1) is 70.8. The van der Waals surface area contributed by atoms with Crippen molar-refractivity contribution in [3.05, 3.63) is 188 Å². The number of pyridine rings is 3. The zero-order valence-electron chi connectivity index (χ0n) is 97.8. The van der Waals surface area contributed by atoms with Gasteiger partial charge in [0.2, 0.25) is 0 Å². The largest absolute Gasteiger partial charge is 0.371 e. The Morgan fingerprint density at radius 3 is 0.932 bits per heavy atom. The molecule has 0 bridgehead atoms. The van der Waals surface area contributed by atoms with Crippen LogP contribution in [0.4, 0.5) is 39.8 Å². The highest BCUT2D eigenvalue weighted by molar-refractivity contribution is 5.96. The lowest BCUT2D eigenvalue weighted by atomic mass is 9.84. The number of nitrogens with one attached hydrogen (secondary N) is 5. The summed E-state index contributed by atoms with van der Waals surface area (Å²) < 4.78 is 0. The quantitative estimate of drug-likeness (QED) is 0.0491. The van der Waals surface area contributed by atoms with Crippen molar-refractivity contribution in [2.45, 2.75) is 342 Å². The molecule has 0 radical (unpaired) electrons. The molecule has 21 rings (SSSR count). The molecule has 22 nitrogen and oxygen atoms in total. The average Bonchev–Trinajstić information content (AvgIpc) is 1.54. The molecule has 7 fully saturated rings. The van der Waals surface area contributed by atoms with Gasteiger partial charge in [-0.1, -0.05) is 128 Å². The van der Waals surface area contributed by atoms with Crippen LogP contribution in [0, 0.1) is 0 Å². The molecule has 15 heterocycles. The molecule has 10 aromatic rings. The van der Waals surface area contributed by atoms with Crippen LogP contribution in [0.15, 0.2) is 104 Å². The molecule has 11 aliphatic rings. The van der Waals surface area contributed by atoms with Crippen molar-refractivity contribution in [2.24, 2.45) is 0 Å². The monoisotopic (exact) mass is 2020 g/mol. The lowest BCUT2D eigenvalue weighted by Gasteiger charge is -2.37. The maximum atomic E-state index is 4.83. The second kappa shape index (κ2) is 51.3. The van der Waals surface area contributed by atoms with E-state index in [1.807, 2.05) is 6.20 Å². The first-order valence-electron chi connectivity index (χ1n) is 58.1. The molecule has 0 atom stereocenters. The van der Waals surface area contributed by atoms with Gasteiger partial charge in [-0.05, 0) is 377 Å². The normalized spacial score (nSPS) is 18.7. The minimum Gasteiger partial charge on any atom is -0.371 e. The minimum absolute atomic E-state index is 0.177. The van der Waals surface area contributed by atoms with Gasteiger partial charge in [-0.3, -0.25) is 15.0 Å². The molecular weight excluding hydrogens is 1820 g/mol. The van der Waals surface area contributed by atoms with Crippen LogP contribution in [0.25, 0.3) is 32.7 Å². The predicted octanol–water partition coefficient (Wildman–Crippen LogP) is 23.4. The molecule has 4 aromatic carbocycles. The fourth-order valence-electron chi connectivity index (χ4n) is 26.3. The van der Waals surface area contributed by atoms with Crippen molar-refractivity contribution in [3.8, 4) is 0 Å². The summed E-state index contributed by atoms with van der Waals surface area (Å²) in [6.45, 7) is 54.4. The van der Waals surface area contributed by atoms with Gasteiger partial charge in [-0.15, -0.1) is 0 Å². The van der Waals surface area contributed by atoms with E-state index in [4.69, 9.17) is 15.0 Å². The van der Waals surface area contributed by atoms with Gasteiger partial charge in [0.15, 0.2) is 0 Å². The summed E-state index contributed by atoms with van der Waals surface area (Å²) in [6.07, 6.45) is 37.9. The van der Waals surface area contributed by atoms with Gasteiger partial charge in [0, 0.05) is 223 Å². The second-order valence-corrected chi connectivity index (χ2v) is 49.7. The topological polar surface area (TPSA) is 155 Å². The number of aromatic nitrogens is 6. The van der Waals surface area contributed by atoms with Crippen LogP contribution in [0.1, 0.15) is 326 Å². The fourth-order valence-corrected chi connectivity index (χ4v) is 26.3. The van der Waals surface area contributed by atoms with Gasteiger partial charge >= 0.3 is 0 Å². The molecule has 0 saturated carbocycles. The number of fused-ring (bicyclic) bond motifs is 7. The summed E-state index contributed by atoms with van der Waals surface area (Å²) in [5, 5.41) is 11.1. The zero-order valence-corrected chi connectivity index (χ0v) is 97.8. The van der Waals surface area contributed by atoms with Crippen LogP contribution in [-0.2, 0) is 57.3 Å². The van der Waals surface area contributed by atoms with Crippen LogP contribution in [0.2, 0.25) is 0 Å². The summed E-state index contributed by atoms with van der Waals surface area (Å²) >= 11 is 0. The standard InChI is InChI=1S/C19H29N3.C19H30N2.C18H27N3.2C18H29N3.C17H26N4.C17H28N4/c1-19(2,3)16-6-7-17(18-15(16)8-11-20-18)22-12-9-14(10-13-22)21(4)5;1-14(2)16-8-9-19(18-7-5-6-17(16)18)21-12-10-15(11-13-21)20(3)4;1-13(2)15-5-6-17(16-7-10-19-18(15)16)21-11-8-14(9-12-21)20(3)4;1-13(2)15-5-6-18(17-12-19-11-16(15)17)21-9-7-14(8-10-21)20(3)4;1-13(2)18-16-7-5-6-15(16)17(12-19-18)21-10-8-14(9-11-21)20(3)4;1-12(2)16-14-5-8-18-17(14)15(11-19-16)21-9-6-13(7-10-21)20(3)4;1-12(2)17-15-10-18-9-14(15)16(11-19-17)21-7-5-13(6-8-21)20(3)4/h6-8,11,14,20H,9-10,12-13H2,1-5H3;8-9,14-15H,5-7,10-13H2,1-4H3;5-7,10,13-14,19H,8-9,11-12H2,1-4H3;5-6,13-14,19H,7-12H2,1-4H3;12-14H,5-11H2,1-4H3;5,8,11-13,18H,6-7,9-10H2,1-4H3;11-13,18H,5-10H2,1-4H3. The van der Waals surface area contributed by atoms with Gasteiger partial charge in [0.05, 0.1) is 63.6 Å². The minimum atomic E-state index is 0.177. The summed E-state index contributed by atoms with van der Waals surface area (Å²) in [4.78, 5) is 59.3. The third-order valence-electron chi connectivity index (χ3n) is 35.5. The summed E-state index contributed by atoms with van der Waals surface area (Å²) in [5.41, 5.74) is 36.3. The van der Waals surface area contributed by atoms with Crippen molar-refractivity contribution in [1.29, 1.82) is 0 Å². The Morgan fingerprint density at radius 2 is 0.527 bits per heavy atom. The molecule has 0 unspecified atom stereocenters. The number of piperidine rings is 7. The third kappa shape index (κ3) is 26.8. The third-order valence-corrected chi connectivity index (χ3v) is 35.5. The lowest BCUT2D eigenvalue weighted by molar-refractivity contribution is 0.249. The van der Waals surface area contributed by atoms with Gasteiger partial charge in [-0.2, -0.15) is 0 Å². The number of rotatable bonds is 20. The van der Waals surface area contributed by atoms with E-state index in [2.05, 4.69) is 394 Å². The van der Waals surface area contributed by atoms with E-state index in [9.17, 15) is 0 Å². The van der Waals surface area contributed by atoms with E-state index >= 15 is 0 Å². The Bertz CT molecular complexity index is 5350. The van der Waals surface area contributed by atoms with E-state index in [1.165, 1.54) is 279 Å². The Kier molecular flexibility index (Phi) is 39.3. The van der Waals surface area contributed by atoms with Crippen molar-refractivity contribution in [2.75, 3.05) is 225 Å². The average molecular weight is 2020 g/mol. The number of benzene rings is 4. The van der Waals surface area contributed by atoms with Crippen molar-refractivity contribution in [1.82, 2.24) is 74.8 Å². The van der Waals surface area contributed by atoms with Crippen LogP contribution in [0.5, 0.6) is 0 Å². The highest BCUT2D eigenvalue weighted by Crippen LogP contribution is 2.45. The Hall–Kier alpha value is -8.81. The molecule has 9 aliphatic heterocycles. The van der Waals surface area contributed by atoms with Crippen LogP contribution < -0.4 is 44.9 Å². The highest BCUT2D eigenvalue weighted by atomic mass is 15.2. The molecule has 0 spiro atoms. The van der Waals surface area contributed by atoms with Crippen LogP contribution in [0.3, 0.4) is 0 Å². The summed E-state index contributed by atoms with van der Waals surface area (Å²) in [7, 11) is 30.8. The molecule has 7 saturated heterocycles. The Balaban J connectivity index is 0.000000129. The fraction of sp³-hybridized carbons (Fsp3) is 0.643. The Labute approximate surface area is 895 Å². The summed E-state index contributed by atoms with van der Waals surface area (Å²) in [5.74, 6) is 3.34. The molecule has 5 N–H and O–H groups in total. The number of hydrogen-bond acceptors (Lipinski definition) is 19. The van der Waals surface area contributed by atoms with E-state index < -0.39 is 0 Å². The van der Waals surface area contributed by atoms with E-state index in [0.717, 1.165) is 115 Å². The maximum Gasteiger partial charge on any atom is 0.0798 e. The van der Waals surface area contributed by atoms with E-state index in [0.29, 0.717) is 41.5 Å². The second-order valence-electron chi connectivity index (χ2n) is 49.7. The van der Waals surface area contributed by atoms with Crippen molar-refractivity contribution < 1.29 is 0 Å². The SMILES string of the molecule is CC(C)c1ccc(N2CCC(N(C)C)CC2)c2c1CCC2.CC(C)c1ccc(N2CCC(N(C)C)CC2)c2c1CNC2.CC(C)c1ccc(N2CCC(N(C)C)CC2)c2cc[nH]c12.CC(C)c1ncc(N2CCC(N(C)C)CC2)c2[nH]ccc12.CC(C)c1ncc(N2CCC(N(C)C)CC2)c2c1CCC2.CC(C)c1ncc(N2CCC(N(C)C)CC2)c2c1CNC2.CN(C)C1CCN(c2ccc(C(C)(C)C)c3cc[nH]c23)CC1. The van der Waals surface area contributed by atoms with E-state index in [-0.39, 0.29) is 5.41 Å². The Morgan fingerprint density at radius 1 is 0.250 bits per heavy atom. The number of H-pyrrole nitrogens is 3. The number of nitrogens with zero attached hydrogens (tertiary/aromatic N) is 17. The van der Waals surface area contributed by atoms with Gasteiger partial charge in [0.1, 0.15) is 0 Å². The number of anilines is 7. The van der Waals surface area contributed by atoms with Crippen LogP contribution in [-0.4, -0.2) is 297 Å². The molecular formula is C126H198N22. The predicted molar refractivity (Wildman–Crippen MR) is 635 cm³/mol. The van der Waals surface area contributed by atoms with Gasteiger partial charge in [-0.25, -0.2) is 0 Å². The molecule has 812 valence electrons. The first kappa shape index (κ1) is 113. The van der Waals surface area contributed by atoms with Crippen molar-refractivity contribution in [3.63, 3.8) is 0 Å². The van der Waals surface area contributed by atoms with E-state index in [1.54, 1.807) is 44.6 Å². The molecule has 0 amide bonds.